The van der Waals surface area contributed by atoms with E-state index in [1.165, 1.54) is 0 Å². The van der Waals surface area contributed by atoms with Crippen molar-refractivity contribution in [3.05, 3.63) is 29.8 Å². The largest absolute Gasteiger partial charge is 0.490 e. The molecule has 0 aliphatic rings. The van der Waals surface area contributed by atoms with Gasteiger partial charge in [0, 0.05) is 13.0 Å². The average molecular weight is 278 g/mol. The molecule has 0 N–H and O–H groups in total. The molecule has 0 aromatic heterocycles. The number of ether oxygens (including phenoxy) is 2. The van der Waals surface area contributed by atoms with Gasteiger partial charge in [-0.25, -0.2) is 0 Å². The van der Waals surface area contributed by atoms with Gasteiger partial charge in [-0.2, -0.15) is 0 Å². The molecule has 0 saturated heterocycles. The van der Waals surface area contributed by atoms with E-state index in [0.717, 1.165) is 25.7 Å². The van der Waals surface area contributed by atoms with E-state index in [1.807, 2.05) is 24.3 Å². The number of hydrogen-bond acceptors (Lipinski definition) is 3. The number of benzene rings is 1. The second-order valence-electron chi connectivity index (χ2n) is 4.98. The van der Waals surface area contributed by atoms with Gasteiger partial charge in [0.15, 0.2) is 5.78 Å². The summed E-state index contributed by atoms with van der Waals surface area (Å²) in [7, 11) is 1.64. The molecule has 1 aromatic carbocycles. The zero-order valence-corrected chi connectivity index (χ0v) is 12.9. The van der Waals surface area contributed by atoms with Gasteiger partial charge in [0.25, 0.3) is 0 Å². The molecule has 1 rings (SSSR count). The van der Waals surface area contributed by atoms with Crippen LogP contribution in [-0.2, 0) is 4.74 Å². The highest BCUT2D eigenvalue weighted by molar-refractivity contribution is 6.00. The first-order valence-corrected chi connectivity index (χ1v) is 7.49. The second-order valence-corrected chi connectivity index (χ2v) is 4.98. The Morgan fingerprint density at radius 3 is 2.35 bits per heavy atom. The monoisotopic (exact) mass is 278 g/mol. The Morgan fingerprint density at radius 2 is 1.75 bits per heavy atom. The number of Topliss-reactive ketones (excluding diaryl/α,β-unsaturated/α-hetero) is 1. The summed E-state index contributed by atoms with van der Waals surface area (Å²) in [6, 6.07) is 7.51. The summed E-state index contributed by atoms with van der Waals surface area (Å²) < 4.78 is 10.6. The molecule has 112 valence electrons. The Bertz CT molecular complexity index is 395. The lowest BCUT2D eigenvalue weighted by Crippen LogP contribution is -2.16. The van der Waals surface area contributed by atoms with Crippen molar-refractivity contribution in [3.63, 3.8) is 0 Å². The van der Waals surface area contributed by atoms with Crippen molar-refractivity contribution >= 4 is 5.78 Å². The van der Waals surface area contributed by atoms with Crippen molar-refractivity contribution in [2.75, 3.05) is 20.3 Å². The quantitative estimate of drug-likeness (QED) is 0.477. The lowest BCUT2D eigenvalue weighted by atomic mass is 9.89. The number of carbonyl (C=O) groups excluding carboxylic acids is 1. The van der Waals surface area contributed by atoms with E-state index in [4.69, 9.17) is 9.47 Å². The molecule has 20 heavy (non-hydrogen) atoms. The maximum absolute atomic E-state index is 12.7. The Kier molecular flexibility index (Phi) is 7.97. The molecule has 0 spiro atoms. The van der Waals surface area contributed by atoms with Gasteiger partial charge >= 0.3 is 0 Å². The Labute approximate surface area is 122 Å². The van der Waals surface area contributed by atoms with Gasteiger partial charge in [-0.1, -0.05) is 38.8 Å². The molecule has 0 aliphatic carbocycles. The third-order valence-corrected chi connectivity index (χ3v) is 3.34. The molecule has 0 bridgehead atoms. The van der Waals surface area contributed by atoms with Crippen LogP contribution in [0.5, 0.6) is 5.75 Å². The molecule has 0 fully saturated rings. The highest BCUT2D eigenvalue weighted by atomic mass is 16.5. The van der Waals surface area contributed by atoms with E-state index in [9.17, 15) is 4.79 Å². The van der Waals surface area contributed by atoms with E-state index in [2.05, 4.69) is 13.8 Å². The van der Waals surface area contributed by atoms with Crippen molar-refractivity contribution < 1.29 is 14.3 Å². The van der Waals surface area contributed by atoms with Crippen molar-refractivity contribution in [3.8, 4) is 5.75 Å². The number of ketones is 1. The minimum Gasteiger partial charge on any atom is -0.490 e. The summed E-state index contributed by atoms with van der Waals surface area (Å²) in [6.45, 7) is 5.23. The lowest BCUT2D eigenvalue weighted by molar-refractivity contribution is 0.0897. The van der Waals surface area contributed by atoms with Crippen LogP contribution in [-0.4, -0.2) is 26.1 Å². The maximum Gasteiger partial charge on any atom is 0.169 e. The summed E-state index contributed by atoms with van der Waals surface area (Å²) >= 11 is 0. The van der Waals surface area contributed by atoms with Crippen LogP contribution in [0.15, 0.2) is 24.3 Å². The lowest BCUT2D eigenvalue weighted by Gasteiger charge is -2.16. The molecule has 3 nitrogen and oxygen atoms in total. The van der Waals surface area contributed by atoms with Crippen molar-refractivity contribution in [1.82, 2.24) is 0 Å². The van der Waals surface area contributed by atoms with Crippen LogP contribution in [0, 0.1) is 5.92 Å². The fourth-order valence-electron chi connectivity index (χ4n) is 2.35. The van der Waals surface area contributed by atoms with E-state index >= 15 is 0 Å². The average Bonchev–Trinajstić information content (AvgIpc) is 2.47. The number of methoxy groups -OCH3 is 1. The summed E-state index contributed by atoms with van der Waals surface area (Å²) in [5.41, 5.74) is 0.704. The van der Waals surface area contributed by atoms with Crippen molar-refractivity contribution in [1.29, 1.82) is 0 Å². The van der Waals surface area contributed by atoms with Gasteiger partial charge in [-0.05, 0) is 25.0 Å². The molecule has 1 aromatic rings. The molecule has 3 heteroatoms. The van der Waals surface area contributed by atoms with Crippen LogP contribution in [0.4, 0.5) is 0 Å². The zero-order valence-electron chi connectivity index (χ0n) is 12.9. The summed E-state index contributed by atoms with van der Waals surface area (Å²) in [6.07, 6.45) is 3.95. The number of rotatable bonds is 10. The predicted octanol–water partition coefficient (Wildman–Crippen LogP) is 4.11. The first-order chi connectivity index (χ1) is 9.74. The van der Waals surface area contributed by atoms with Crippen molar-refractivity contribution in [2.24, 2.45) is 5.92 Å². The Hall–Kier alpha value is -1.35. The van der Waals surface area contributed by atoms with E-state index in [1.54, 1.807) is 7.11 Å². The topological polar surface area (TPSA) is 35.5 Å². The minimum atomic E-state index is 0.108. The van der Waals surface area contributed by atoms with Crippen molar-refractivity contribution in [2.45, 2.75) is 39.5 Å². The van der Waals surface area contributed by atoms with E-state index < -0.39 is 0 Å². The van der Waals surface area contributed by atoms with Gasteiger partial charge in [-0.3, -0.25) is 4.79 Å². The highest BCUT2D eigenvalue weighted by Gasteiger charge is 2.21. The van der Waals surface area contributed by atoms with Crippen LogP contribution >= 0.6 is 0 Å². The van der Waals surface area contributed by atoms with Crippen LogP contribution in [0.3, 0.4) is 0 Å². The number of carbonyl (C=O) groups is 1. The number of hydrogen-bond donors (Lipinski definition) is 0. The summed E-state index contributed by atoms with van der Waals surface area (Å²) in [5, 5.41) is 0. The highest BCUT2D eigenvalue weighted by Crippen LogP contribution is 2.25. The molecular weight excluding hydrogens is 252 g/mol. The first kappa shape index (κ1) is 16.7. The van der Waals surface area contributed by atoms with E-state index in [-0.39, 0.29) is 11.7 Å². The van der Waals surface area contributed by atoms with E-state index in [0.29, 0.717) is 24.5 Å². The molecule has 0 heterocycles. The minimum absolute atomic E-state index is 0.108. The number of para-hydroxylation sites is 1. The van der Waals surface area contributed by atoms with Gasteiger partial charge in [-0.15, -0.1) is 0 Å². The standard InChI is InChI=1S/C17H26O3/c1-4-8-14(9-5-2)17(18)15-10-6-7-11-16(15)20-13-12-19-3/h6-7,10-11,14H,4-5,8-9,12-13H2,1-3H3. The Balaban J connectivity index is 2.84. The SMILES string of the molecule is CCCC(CCC)C(=O)c1ccccc1OCCOC. The fourth-order valence-corrected chi connectivity index (χ4v) is 2.35. The normalized spacial score (nSPS) is 10.8. The fraction of sp³-hybridized carbons (Fsp3) is 0.588. The second kappa shape index (κ2) is 9.54. The van der Waals surface area contributed by atoms with Gasteiger partial charge in [0.2, 0.25) is 0 Å². The maximum atomic E-state index is 12.7. The van der Waals surface area contributed by atoms with Crippen LogP contribution in [0.25, 0.3) is 0 Å². The van der Waals surface area contributed by atoms with Crippen LogP contribution < -0.4 is 4.74 Å². The molecule has 0 amide bonds. The third kappa shape index (κ3) is 4.97. The first-order valence-electron chi connectivity index (χ1n) is 7.49. The zero-order chi connectivity index (χ0) is 14.8. The predicted molar refractivity (Wildman–Crippen MR) is 81.4 cm³/mol. The molecular formula is C17H26O3. The molecule has 0 atom stereocenters. The van der Waals surface area contributed by atoms with Gasteiger partial charge in [0.1, 0.15) is 12.4 Å². The summed E-state index contributed by atoms with van der Waals surface area (Å²) in [4.78, 5) is 12.7. The van der Waals surface area contributed by atoms with Gasteiger partial charge < -0.3 is 9.47 Å². The summed E-state index contributed by atoms with van der Waals surface area (Å²) in [5.74, 6) is 0.991. The Morgan fingerprint density at radius 1 is 1.10 bits per heavy atom. The van der Waals surface area contributed by atoms with Gasteiger partial charge in [0.05, 0.1) is 12.2 Å². The third-order valence-electron chi connectivity index (χ3n) is 3.34. The van der Waals surface area contributed by atoms with Crippen LogP contribution in [0.2, 0.25) is 0 Å². The molecule has 0 saturated carbocycles. The molecule has 0 unspecified atom stereocenters. The smallest absolute Gasteiger partial charge is 0.169 e. The molecule has 0 radical (unpaired) electrons. The van der Waals surface area contributed by atoms with Crippen LogP contribution in [0.1, 0.15) is 49.9 Å². The molecule has 0 aliphatic heterocycles.